The van der Waals surface area contributed by atoms with Gasteiger partial charge in [-0.1, -0.05) is 18.2 Å². The Morgan fingerprint density at radius 2 is 1.79 bits per heavy atom. The molecule has 0 unspecified atom stereocenters. The lowest BCUT2D eigenvalue weighted by Gasteiger charge is -2.22. The topological polar surface area (TPSA) is 52.7 Å². The summed E-state index contributed by atoms with van der Waals surface area (Å²) in [7, 11) is 0. The average molecular weight is 395 g/mol. The number of amides is 2. The summed E-state index contributed by atoms with van der Waals surface area (Å²) in [5.74, 6) is -0.0547. The SMILES string of the molecule is O=C(Nc1cccc(C(=O)N2CCCN(Cc3ccc(F)cc3)CC2)c1)C1CC1. The van der Waals surface area contributed by atoms with Gasteiger partial charge in [0.2, 0.25) is 5.91 Å². The number of carbonyl (C=O) groups is 2. The molecule has 4 rings (SSSR count). The second-order valence-corrected chi connectivity index (χ2v) is 7.89. The molecule has 1 aliphatic carbocycles. The standard InChI is InChI=1S/C23H26FN3O2/c24-20-9-5-17(6-10-20)16-26-11-2-12-27(14-13-26)23(29)19-3-1-4-21(15-19)25-22(28)18-7-8-18/h1,3-6,9-10,15,18H,2,7-8,11-14,16H2,(H,25,28). The highest BCUT2D eigenvalue weighted by molar-refractivity contribution is 5.98. The first-order valence-corrected chi connectivity index (χ1v) is 10.3. The Kier molecular flexibility index (Phi) is 5.90. The minimum atomic E-state index is -0.225. The van der Waals surface area contributed by atoms with Crippen LogP contribution in [0.4, 0.5) is 10.1 Å². The fourth-order valence-corrected chi connectivity index (χ4v) is 3.68. The zero-order chi connectivity index (χ0) is 20.2. The van der Waals surface area contributed by atoms with E-state index in [2.05, 4.69) is 10.2 Å². The van der Waals surface area contributed by atoms with Crippen LogP contribution >= 0.6 is 0 Å². The molecule has 1 saturated heterocycles. The van der Waals surface area contributed by atoms with Crippen LogP contribution in [0.1, 0.15) is 35.2 Å². The van der Waals surface area contributed by atoms with E-state index >= 15 is 0 Å². The lowest BCUT2D eigenvalue weighted by atomic mass is 10.1. The Hall–Kier alpha value is -2.73. The zero-order valence-electron chi connectivity index (χ0n) is 16.4. The highest BCUT2D eigenvalue weighted by atomic mass is 19.1. The maximum absolute atomic E-state index is 13.1. The molecule has 1 heterocycles. The number of rotatable bonds is 5. The molecule has 1 saturated carbocycles. The van der Waals surface area contributed by atoms with Crippen LogP contribution in [0.15, 0.2) is 48.5 Å². The van der Waals surface area contributed by atoms with Crippen molar-refractivity contribution in [3.05, 3.63) is 65.5 Å². The number of halogens is 1. The fraction of sp³-hybridized carbons (Fsp3) is 0.391. The van der Waals surface area contributed by atoms with Crippen molar-refractivity contribution in [1.29, 1.82) is 0 Å². The van der Waals surface area contributed by atoms with Crippen LogP contribution in [0, 0.1) is 11.7 Å². The van der Waals surface area contributed by atoms with E-state index in [-0.39, 0.29) is 23.5 Å². The van der Waals surface area contributed by atoms with Crippen LogP contribution in [0.25, 0.3) is 0 Å². The van der Waals surface area contributed by atoms with Gasteiger partial charge in [-0.25, -0.2) is 4.39 Å². The molecular weight excluding hydrogens is 369 g/mol. The first kappa shape index (κ1) is 19.6. The van der Waals surface area contributed by atoms with Gasteiger partial charge >= 0.3 is 0 Å². The van der Waals surface area contributed by atoms with Gasteiger partial charge < -0.3 is 10.2 Å². The van der Waals surface area contributed by atoms with Crippen LogP contribution < -0.4 is 5.32 Å². The number of anilines is 1. The van der Waals surface area contributed by atoms with Crippen molar-refractivity contribution in [2.75, 3.05) is 31.5 Å². The summed E-state index contributed by atoms with van der Waals surface area (Å²) in [4.78, 5) is 29.1. The number of carbonyl (C=O) groups excluding carboxylic acids is 2. The van der Waals surface area contributed by atoms with E-state index in [1.54, 1.807) is 12.1 Å². The van der Waals surface area contributed by atoms with Crippen LogP contribution in [-0.2, 0) is 11.3 Å². The van der Waals surface area contributed by atoms with Gasteiger partial charge in [-0.2, -0.15) is 0 Å². The van der Waals surface area contributed by atoms with E-state index in [0.717, 1.165) is 44.5 Å². The van der Waals surface area contributed by atoms with Crippen molar-refractivity contribution in [2.24, 2.45) is 5.92 Å². The van der Waals surface area contributed by atoms with E-state index in [4.69, 9.17) is 0 Å². The maximum Gasteiger partial charge on any atom is 0.253 e. The van der Waals surface area contributed by atoms with Crippen molar-refractivity contribution < 1.29 is 14.0 Å². The summed E-state index contributed by atoms with van der Waals surface area (Å²) in [6.07, 6.45) is 2.80. The number of nitrogens with one attached hydrogen (secondary N) is 1. The Labute approximate surface area is 170 Å². The molecule has 2 aliphatic rings. The molecule has 29 heavy (non-hydrogen) atoms. The van der Waals surface area contributed by atoms with Gasteiger partial charge in [0.15, 0.2) is 0 Å². The molecule has 6 heteroatoms. The van der Waals surface area contributed by atoms with Gasteiger partial charge in [-0.05, 0) is 55.2 Å². The molecular formula is C23H26FN3O2. The number of hydrogen-bond acceptors (Lipinski definition) is 3. The molecule has 2 aromatic carbocycles. The Bertz CT molecular complexity index is 880. The Balaban J connectivity index is 1.35. The number of benzene rings is 2. The summed E-state index contributed by atoms with van der Waals surface area (Å²) >= 11 is 0. The molecule has 0 atom stereocenters. The van der Waals surface area contributed by atoms with Crippen LogP contribution in [0.5, 0.6) is 0 Å². The lowest BCUT2D eigenvalue weighted by molar-refractivity contribution is -0.117. The quantitative estimate of drug-likeness (QED) is 0.843. The largest absolute Gasteiger partial charge is 0.337 e. The number of nitrogens with zero attached hydrogens (tertiary/aromatic N) is 2. The first-order valence-electron chi connectivity index (χ1n) is 10.3. The highest BCUT2D eigenvalue weighted by Gasteiger charge is 2.29. The molecule has 0 spiro atoms. The third kappa shape index (κ3) is 5.21. The van der Waals surface area contributed by atoms with Crippen LogP contribution in [0.2, 0.25) is 0 Å². The van der Waals surface area contributed by atoms with E-state index in [1.165, 1.54) is 12.1 Å². The summed E-state index contributed by atoms with van der Waals surface area (Å²) in [5, 5.41) is 2.91. The molecule has 2 aromatic rings. The Morgan fingerprint density at radius 3 is 2.55 bits per heavy atom. The van der Waals surface area contributed by atoms with E-state index in [9.17, 15) is 14.0 Å². The summed E-state index contributed by atoms with van der Waals surface area (Å²) in [6, 6.07) is 13.8. The minimum absolute atomic E-state index is 0.00356. The summed E-state index contributed by atoms with van der Waals surface area (Å²) < 4.78 is 13.1. The number of hydrogen-bond donors (Lipinski definition) is 1. The lowest BCUT2D eigenvalue weighted by Crippen LogP contribution is -2.35. The summed E-state index contributed by atoms with van der Waals surface area (Å²) in [5.41, 5.74) is 2.36. The van der Waals surface area contributed by atoms with Crippen molar-refractivity contribution in [3.8, 4) is 0 Å². The molecule has 5 nitrogen and oxygen atoms in total. The Morgan fingerprint density at radius 1 is 1.00 bits per heavy atom. The highest BCUT2D eigenvalue weighted by Crippen LogP contribution is 2.30. The fourth-order valence-electron chi connectivity index (χ4n) is 3.68. The van der Waals surface area contributed by atoms with Gasteiger partial charge in [0.05, 0.1) is 0 Å². The second kappa shape index (κ2) is 8.74. The van der Waals surface area contributed by atoms with E-state index < -0.39 is 0 Å². The smallest absolute Gasteiger partial charge is 0.253 e. The molecule has 1 aliphatic heterocycles. The van der Waals surface area contributed by atoms with Crippen molar-refractivity contribution in [2.45, 2.75) is 25.8 Å². The van der Waals surface area contributed by atoms with E-state index in [0.29, 0.717) is 24.3 Å². The predicted molar refractivity (Wildman–Crippen MR) is 110 cm³/mol. The van der Waals surface area contributed by atoms with Gasteiger partial charge in [0, 0.05) is 49.9 Å². The first-order chi connectivity index (χ1) is 14.1. The average Bonchev–Trinajstić information content (AvgIpc) is 3.57. The van der Waals surface area contributed by atoms with Crippen molar-refractivity contribution in [3.63, 3.8) is 0 Å². The molecule has 152 valence electrons. The van der Waals surface area contributed by atoms with Gasteiger partial charge in [-0.15, -0.1) is 0 Å². The van der Waals surface area contributed by atoms with Gasteiger partial charge in [-0.3, -0.25) is 14.5 Å². The minimum Gasteiger partial charge on any atom is -0.337 e. The third-order valence-corrected chi connectivity index (χ3v) is 5.52. The molecule has 0 bridgehead atoms. The zero-order valence-corrected chi connectivity index (χ0v) is 16.4. The second-order valence-electron chi connectivity index (χ2n) is 7.89. The normalized spacial score (nSPS) is 17.6. The molecule has 2 fully saturated rings. The van der Waals surface area contributed by atoms with Crippen molar-refractivity contribution >= 4 is 17.5 Å². The summed E-state index contributed by atoms with van der Waals surface area (Å²) in [6.45, 7) is 3.79. The van der Waals surface area contributed by atoms with Gasteiger partial charge in [0.1, 0.15) is 5.82 Å². The molecule has 2 amide bonds. The third-order valence-electron chi connectivity index (χ3n) is 5.52. The van der Waals surface area contributed by atoms with E-state index in [1.807, 2.05) is 29.2 Å². The van der Waals surface area contributed by atoms with Crippen LogP contribution in [0.3, 0.4) is 0 Å². The van der Waals surface area contributed by atoms with Crippen molar-refractivity contribution in [1.82, 2.24) is 9.80 Å². The van der Waals surface area contributed by atoms with Crippen LogP contribution in [-0.4, -0.2) is 47.8 Å². The predicted octanol–water partition coefficient (Wildman–Crippen LogP) is 3.52. The molecule has 0 radical (unpaired) electrons. The maximum atomic E-state index is 13.1. The monoisotopic (exact) mass is 395 g/mol. The van der Waals surface area contributed by atoms with Gasteiger partial charge in [0.25, 0.3) is 5.91 Å². The molecule has 0 aromatic heterocycles. The molecule has 1 N–H and O–H groups in total.